The molecule has 0 aromatic carbocycles. The first-order valence-corrected chi connectivity index (χ1v) is 3.54. The van der Waals surface area contributed by atoms with Gasteiger partial charge in [-0.1, -0.05) is 0 Å². The molecule has 0 bridgehead atoms. The third-order valence-corrected chi connectivity index (χ3v) is 1.95. The smallest absolute Gasteiger partial charge is 0.207 e. The normalized spacial score (nSPS) is 29.7. The van der Waals surface area contributed by atoms with Crippen LogP contribution in [0.5, 0.6) is 0 Å². The number of hydrogen-bond acceptors (Lipinski definition) is 0. The first kappa shape index (κ1) is 8.81. The van der Waals surface area contributed by atoms with Gasteiger partial charge < -0.3 is 0 Å². The van der Waals surface area contributed by atoms with Crippen molar-refractivity contribution < 1.29 is 17.6 Å². The van der Waals surface area contributed by atoms with E-state index >= 15 is 0 Å². The van der Waals surface area contributed by atoms with E-state index in [0.29, 0.717) is 0 Å². The molecule has 1 atom stereocenters. The van der Waals surface area contributed by atoms with Crippen molar-refractivity contribution in [3.63, 3.8) is 0 Å². The lowest BCUT2D eigenvalue weighted by Gasteiger charge is -2.08. The Kier molecular flexibility index (Phi) is 2.40. The molecule has 65 valence electrons. The molecular weight excluding hydrogens is 160 g/mol. The van der Waals surface area contributed by atoms with Gasteiger partial charge in [0.15, 0.2) is 0 Å². The minimum Gasteiger partial charge on any atom is -0.207 e. The Bertz CT molecular complexity index is 132. The van der Waals surface area contributed by atoms with Gasteiger partial charge in [-0.3, -0.25) is 0 Å². The largest absolute Gasteiger partial charge is 0.310 e. The molecule has 1 saturated carbocycles. The van der Waals surface area contributed by atoms with Gasteiger partial charge in [0.25, 0.3) is 0 Å². The Morgan fingerprint density at radius 3 is 2.36 bits per heavy atom. The van der Waals surface area contributed by atoms with Gasteiger partial charge in [0, 0.05) is 19.3 Å². The van der Waals surface area contributed by atoms with Gasteiger partial charge in [-0.25, -0.2) is 8.78 Å². The Hall–Kier alpha value is -0.280. The molecule has 11 heavy (non-hydrogen) atoms. The Morgan fingerprint density at radius 2 is 2.00 bits per heavy atom. The van der Waals surface area contributed by atoms with Crippen LogP contribution in [0, 0.1) is 12.3 Å². The van der Waals surface area contributed by atoms with Crippen molar-refractivity contribution in [2.75, 3.05) is 0 Å². The predicted octanol–water partition coefficient (Wildman–Crippen LogP) is 3.24. The molecule has 0 aliphatic heterocycles. The first-order chi connectivity index (χ1) is 4.99. The zero-order valence-electron chi connectivity index (χ0n) is 5.92. The first-order valence-electron chi connectivity index (χ1n) is 3.54. The van der Waals surface area contributed by atoms with Crippen molar-refractivity contribution in [3.05, 3.63) is 6.43 Å². The van der Waals surface area contributed by atoms with E-state index in [0.717, 1.165) is 0 Å². The molecule has 0 saturated heterocycles. The van der Waals surface area contributed by atoms with Gasteiger partial charge >= 0.3 is 6.43 Å². The monoisotopic (exact) mass is 169 g/mol. The molecule has 0 heterocycles. The highest BCUT2D eigenvalue weighted by molar-refractivity contribution is 4.84. The van der Waals surface area contributed by atoms with E-state index < -0.39 is 24.7 Å². The number of halogens is 4. The van der Waals surface area contributed by atoms with E-state index in [9.17, 15) is 17.6 Å². The van der Waals surface area contributed by atoms with Crippen molar-refractivity contribution in [3.8, 4) is 0 Å². The maximum absolute atomic E-state index is 12.4. The van der Waals surface area contributed by atoms with Crippen LogP contribution >= 0.6 is 0 Å². The second kappa shape index (κ2) is 2.99. The summed E-state index contributed by atoms with van der Waals surface area (Å²) in [6.07, 6.45) is -2.55. The molecule has 1 unspecified atom stereocenters. The van der Waals surface area contributed by atoms with Gasteiger partial charge in [0.2, 0.25) is 5.92 Å². The second-order valence-electron chi connectivity index (χ2n) is 3.01. The summed E-state index contributed by atoms with van der Waals surface area (Å²) in [6.45, 7) is 0. The van der Waals surface area contributed by atoms with Gasteiger partial charge in [-0.2, -0.15) is 8.78 Å². The molecule has 1 rings (SSSR count). The van der Waals surface area contributed by atoms with Crippen LogP contribution in [0.2, 0.25) is 0 Å². The number of alkyl halides is 2. The third kappa shape index (κ3) is 2.67. The van der Waals surface area contributed by atoms with Crippen LogP contribution in [-0.2, 0) is 0 Å². The van der Waals surface area contributed by atoms with Gasteiger partial charge in [-0.15, -0.1) is 0 Å². The minimum absolute atomic E-state index is 0.227. The fourth-order valence-electron chi connectivity index (χ4n) is 1.43. The fourth-order valence-corrected chi connectivity index (χ4v) is 1.43. The summed E-state index contributed by atoms with van der Waals surface area (Å²) in [5.74, 6) is -3.20. The van der Waals surface area contributed by atoms with E-state index in [1.165, 1.54) is 0 Å². The summed E-state index contributed by atoms with van der Waals surface area (Å²) in [6, 6.07) is 0. The van der Waals surface area contributed by atoms with E-state index in [1.54, 1.807) is 0 Å². The molecule has 0 nitrogen and oxygen atoms in total. The summed E-state index contributed by atoms with van der Waals surface area (Å²) in [4.78, 5) is 0. The molecule has 1 radical (unpaired) electrons. The molecule has 0 amide bonds. The highest BCUT2D eigenvalue weighted by atomic mass is 19.3. The van der Waals surface area contributed by atoms with E-state index in [4.69, 9.17) is 0 Å². The summed E-state index contributed by atoms with van der Waals surface area (Å²) in [7, 11) is 0. The van der Waals surface area contributed by atoms with Gasteiger partial charge in [0.05, 0.1) is 0 Å². The van der Waals surface area contributed by atoms with Crippen LogP contribution in [0.15, 0.2) is 0 Å². The average molecular weight is 169 g/mol. The average Bonchev–Trinajstić information content (AvgIpc) is 2.08. The van der Waals surface area contributed by atoms with Crippen molar-refractivity contribution in [2.45, 2.75) is 31.6 Å². The third-order valence-electron chi connectivity index (χ3n) is 1.95. The van der Waals surface area contributed by atoms with Crippen LogP contribution in [0.3, 0.4) is 0 Å². The van der Waals surface area contributed by atoms with Crippen molar-refractivity contribution >= 4 is 0 Å². The summed E-state index contributed by atoms with van der Waals surface area (Å²) in [5.41, 5.74) is 0. The molecule has 1 fully saturated rings. The Morgan fingerprint density at radius 1 is 1.36 bits per heavy atom. The Balaban J connectivity index is 2.31. The molecule has 0 spiro atoms. The zero-order chi connectivity index (χ0) is 8.48. The molecule has 4 heteroatoms. The van der Waals surface area contributed by atoms with Crippen LogP contribution in [-0.4, -0.2) is 5.92 Å². The van der Waals surface area contributed by atoms with Crippen molar-refractivity contribution in [1.82, 2.24) is 0 Å². The topological polar surface area (TPSA) is 0 Å². The van der Waals surface area contributed by atoms with Crippen molar-refractivity contribution in [2.24, 2.45) is 5.92 Å². The fraction of sp³-hybridized carbons (Fsp3) is 0.857. The SMILES string of the molecule is F[C](F)CC1CCC(F)(F)C1. The summed E-state index contributed by atoms with van der Waals surface area (Å²) in [5, 5.41) is 0. The second-order valence-corrected chi connectivity index (χ2v) is 3.01. The standard InChI is InChI=1S/C7H9F4/c8-6(9)3-5-1-2-7(10,11)4-5/h5H,1-4H2. The molecular formula is C7H9F4. The maximum Gasteiger partial charge on any atom is 0.310 e. The molecule has 1 aliphatic carbocycles. The van der Waals surface area contributed by atoms with Crippen LogP contribution < -0.4 is 0 Å². The lowest BCUT2D eigenvalue weighted by atomic mass is 10.0. The van der Waals surface area contributed by atoms with E-state index in [-0.39, 0.29) is 19.3 Å². The van der Waals surface area contributed by atoms with Crippen LogP contribution in [0.4, 0.5) is 17.6 Å². The van der Waals surface area contributed by atoms with E-state index in [1.807, 2.05) is 0 Å². The van der Waals surface area contributed by atoms with Gasteiger partial charge in [0.1, 0.15) is 0 Å². The lowest BCUT2D eigenvalue weighted by molar-refractivity contribution is 0.00399. The Labute approximate surface area is 62.6 Å². The summed E-state index contributed by atoms with van der Waals surface area (Å²) < 4.78 is 48.0. The number of hydrogen-bond donors (Lipinski definition) is 0. The zero-order valence-corrected chi connectivity index (χ0v) is 5.92. The quantitative estimate of drug-likeness (QED) is 0.556. The van der Waals surface area contributed by atoms with Crippen LogP contribution in [0.25, 0.3) is 0 Å². The van der Waals surface area contributed by atoms with E-state index in [2.05, 4.69) is 0 Å². The number of rotatable bonds is 2. The van der Waals surface area contributed by atoms with Crippen LogP contribution in [0.1, 0.15) is 25.7 Å². The van der Waals surface area contributed by atoms with Gasteiger partial charge in [-0.05, 0) is 12.3 Å². The van der Waals surface area contributed by atoms with Crippen molar-refractivity contribution in [1.29, 1.82) is 0 Å². The molecule has 0 aromatic rings. The lowest BCUT2D eigenvalue weighted by Crippen LogP contribution is -2.09. The molecule has 0 aromatic heterocycles. The summed E-state index contributed by atoms with van der Waals surface area (Å²) >= 11 is 0. The predicted molar refractivity (Wildman–Crippen MR) is 32.4 cm³/mol. The highest BCUT2D eigenvalue weighted by Gasteiger charge is 2.40. The highest BCUT2D eigenvalue weighted by Crippen LogP contribution is 2.42. The maximum atomic E-state index is 12.4. The minimum atomic E-state index is -2.69. The molecule has 1 aliphatic rings. The molecule has 0 N–H and O–H groups in total.